The van der Waals surface area contributed by atoms with Gasteiger partial charge in [0, 0.05) is 9.65 Å². The van der Waals surface area contributed by atoms with E-state index >= 15 is 0 Å². The molecule has 0 atom stereocenters. The van der Waals surface area contributed by atoms with Crippen LogP contribution in [0.5, 0.6) is 0 Å². The second kappa shape index (κ2) is 6.90. The lowest BCUT2D eigenvalue weighted by atomic mass is 10.2. The second-order valence-electron chi connectivity index (χ2n) is 3.77. The predicted octanol–water partition coefficient (Wildman–Crippen LogP) is 2.36. The van der Waals surface area contributed by atoms with Crippen LogP contribution in [0.4, 0.5) is 0 Å². The summed E-state index contributed by atoms with van der Waals surface area (Å²) in [6.45, 7) is 0. The van der Waals surface area contributed by atoms with Crippen LogP contribution in [0.2, 0.25) is 0 Å². The van der Waals surface area contributed by atoms with Gasteiger partial charge in [-0.05, 0) is 52.9 Å². The van der Waals surface area contributed by atoms with E-state index < -0.39 is 5.91 Å². The Bertz CT molecular complexity index is 636. The largest absolute Gasteiger partial charge is 0.465 e. The van der Waals surface area contributed by atoms with Crippen molar-refractivity contribution in [1.82, 2.24) is 10.9 Å². The normalized spacial score (nSPS) is 10.4. The van der Waals surface area contributed by atoms with Gasteiger partial charge in [0.05, 0.1) is 11.8 Å². The standard InChI is InChI=1S/C14H11IN2O3/c15-12-6-2-1-5-11(12)14(19)17-16-13(18)8-7-10-4-3-9-20-10/h1-9H,(H,16,18)(H,17,19)/b8-7+. The average molecular weight is 382 g/mol. The summed E-state index contributed by atoms with van der Waals surface area (Å²) in [4.78, 5) is 23.3. The van der Waals surface area contributed by atoms with Gasteiger partial charge in [0.2, 0.25) is 0 Å². The molecule has 1 aromatic carbocycles. The van der Waals surface area contributed by atoms with Crippen LogP contribution < -0.4 is 10.9 Å². The molecule has 0 aliphatic heterocycles. The van der Waals surface area contributed by atoms with E-state index in [1.54, 1.807) is 24.3 Å². The molecular formula is C14H11IN2O3. The Kier molecular flexibility index (Phi) is 4.94. The quantitative estimate of drug-likeness (QED) is 0.487. The molecule has 2 rings (SSSR count). The van der Waals surface area contributed by atoms with E-state index in [9.17, 15) is 9.59 Å². The van der Waals surface area contributed by atoms with Gasteiger partial charge in [-0.2, -0.15) is 0 Å². The average Bonchev–Trinajstić information content (AvgIpc) is 2.96. The zero-order valence-electron chi connectivity index (χ0n) is 10.3. The van der Waals surface area contributed by atoms with Gasteiger partial charge in [-0.3, -0.25) is 20.4 Å². The molecule has 2 aromatic rings. The molecule has 0 aliphatic rings. The first kappa shape index (κ1) is 14.3. The predicted molar refractivity (Wildman–Crippen MR) is 82.5 cm³/mol. The van der Waals surface area contributed by atoms with Gasteiger partial charge >= 0.3 is 0 Å². The molecule has 0 radical (unpaired) electrons. The summed E-state index contributed by atoms with van der Waals surface area (Å²) in [6.07, 6.45) is 4.29. The van der Waals surface area contributed by atoms with Crippen LogP contribution in [-0.2, 0) is 4.79 Å². The Labute approximate surface area is 129 Å². The highest BCUT2D eigenvalue weighted by molar-refractivity contribution is 14.1. The Morgan fingerprint density at radius 3 is 2.60 bits per heavy atom. The Morgan fingerprint density at radius 1 is 1.10 bits per heavy atom. The monoisotopic (exact) mass is 382 g/mol. The number of hydrogen-bond donors (Lipinski definition) is 2. The van der Waals surface area contributed by atoms with Gasteiger partial charge < -0.3 is 4.42 Å². The molecule has 0 saturated heterocycles. The molecule has 2 amide bonds. The van der Waals surface area contributed by atoms with E-state index in [2.05, 4.69) is 33.4 Å². The molecule has 1 aromatic heterocycles. The third kappa shape index (κ3) is 3.95. The van der Waals surface area contributed by atoms with Gasteiger partial charge in [0.15, 0.2) is 0 Å². The number of amides is 2. The minimum atomic E-state index is -0.444. The lowest BCUT2D eigenvalue weighted by Gasteiger charge is -2.06. The molecule has 20 heavy (non-hydrogen) atoms. The molecular weight excluding hydrogens is 371 g/mol. The van der Waals surface area contributed by atoms with Crippen molar-refractivity contribution >= 4 is 40.5 Å². The summed E-state index contributed by atoms with van der Waals surface area (Å²) in [5.74, 6) is -0.250. The molecule has 0 saturated carbocycles. The summed E-state index contributed by atoms with van der Waals surface area (Å²) in [7, 11) is 0. The topological polar surface area (TPSA) is 71.3 Å². The van der Waals surface area contributed by atoms with Gasteiger partial charge in [0.25, 0.3) is 11.8 Å². The zero-order chi connectivity index (χ0) is 14.4. The van der Waals surface area contributed by atoms with Crippen molar-refractivity contribution in [2.24, 2.45) is 0 Å². The molecule has 102 valence electrons. The van der Waals surface area contributed by atoms with Crippen LogP contribution in [0.15, 0.2) is 53.2 Å². The van der Waals surface area contributed by atoms with Crippen LogP contribution in [-0.4, -0.2) is 11.8 Å². The Balaban J connectivity index is 1.87. The summed E-state index contributed by atoms with van der Waals surface area (Å²) in [5, 5.41) is 0. The van der Waals surface area contributed by atoms with Gasteiger partial charge in [-0.15, -0.1) is 0 Å². The summed E-state index contributed by atoms with van der Waals surface area (Å²) < 4.78 is 5.85. The number of benzene rings is 1. The number of carbonyl (C=O) groups is 2. The third-order valence-corrected chi connectivity index (χ3v) is 3.30. The van der Waals surface area contributed by atoms with Crippen LogP contribution in [0, 0.1) is 3.57 Å². The molecule has 6 heteroatoms. The molecule has 0 spiro atoms. The highest BCUT2D eigenvalue weighted by atomic mass is 127. The lowest BCUT2D eigenvalue weighted by Crippen LogP contribution is -2.41. The molecule has 0 bridgehead atoms. The number of rotatable bonds is 3. The van der Waals surface area contributed by atoms with Gasteiger partial charge in [0.1, 0.15) is 5.76 Å². The zero-order valence-corrected chi connectivity index (χ0v) is 12.5. The fourth-order valence-electron chi connectivity index (χ4n) is 1.42. The van der Waals surface area contributed by atoms with Gasteiger partial charge in [-0.1, -0.05) is 12.1 Å². The number of carbonyl (C=O) groups excluding carboxylic acids is 2. The maximum absolute atomic E-state index is 11.8. The maximum atomic E-state index is 11.8. The van der Waals surface area contributed by atoms with Crippen LogP contribution in [0.3, 0.4) is 0 Å². The fourth-order valence-corrected chi connectivity index (χ4v) is 2.05. The van der Waals surface area contributed by atoms with E-state index in [4.69, 9.17) is 4.42 Å². The number of furan rings is 1. The van der Waals surface area contributed by atoms with E-state index in [1.165, 1.54) is 18.4 Å². The van der Waals surface area contributed by atoms with Crippen LogP contribution >= 0.6 is 22.6 Å². The number of hydrazine groups is 1. The van der Waals surface area contributed by atoms with Crippen LogP contribution in [0.25, 0.3) is 6.08 Å². The smallest absolute Gasteiger partial charge is 0.270 e. The number of hydrogen-bond acceptors (Lipinski definition) is 3. The maximum Gasteiger partial charge on any atom is 0.270 e. The van der Waals surface area contributed by atoms with Crippen molar-refractivity contribution in [3.63, 3.8) is 0 Å². The van der Waals surface area contributed by atoms with Gasteiger partial charge in [-0.25, -0.2) is 0 Å². The minimum absolute atomic E-state index is 0.366. The van der Waals surface area contributed by atoms with E-state index in [-0.39, 0.29) is 5.91 Å². The molecule has 0 fully saturated rings. The SMILES string of the molecule is O=C(/C=C/c1ccco1)NNC(=O)c1ccccc1I. The first-order valence-corrected chi connectivity index (χ1v) is 6.81. The van der Waals surface area contributed by atoms with E-state index in [1.807, 2.05) is 12.1 Å². The van der Waals surface area contributed by atoms with Crippen molar-refractivity contribution in [1.29, 1.82) is 0 Å². The second-order valence-corrected chi connectivity index (χ2v) is 4.93. The molecule has 0 unspecified atom stereocenters. The third-order valence-electron chi connectivity index (χ3n) is 2.36. The van der Waals surface area contributed by atoms with Crippen molar-refractivity contribution in [2.45, 2.75) is 0 Å². The minimum Gasteiger partial charge on any atom is -0.465 e. The highest BCUT2D eigenvalue weighted by Gasteiger charge is 2.08. The fraction of sp³-hybridized carbons (Fsp3) is 0. The van der Waals surface area contributed by atoms with Crippen molar-refractivity contribution < 1.29 is 14.0 Å². The Hall–Kier alpha value is -2.09. The number of halogens is 1. The molecule has 5 nitrogen and oxygen atoms in total. The van der Waals surface area contributed by atoms with Crippen LogP contribution in [0.1, 0.15) is 16.1 Å². The first-order valence-electron chi connectivity index (χ1n) is 5.73. The molecule has 0 aliphatic carbocycles. The number of nitrogens with one attached hydrogen (secondary N) is 2. The molecule has 1 heterocycles. The molecule has 2 N–H and O–H groups in total. The van der Waals surface area contributed by atoms with Crippen molar-refractivity contribution in [2.75, 3.05) is 0 Å². The summed E-state index contributed by atoms with van der Waals surface area (Å²) >= 11 is 2.06. The lowest BCUT2D eigenvalue weighted by molar-refractivity contribution is -0.117. The van der Waals surface area contributed by atoms with E-state index in [0.29, 0.717) is 11.3 Å². The summed E-state index contributed by atoms with van der Waals surface area (Å²) in [6, 6.07) is 10.5. The van der Waals surface area contributed by atoms with Crippen molar-refractivity contribution in [3.8, 4) is 0 Å². The Morgan fingerprint density at radius 2 is 1.90 bits per heavy atom. The van der Waals surface area contributed by atoms with E-state index in [0.717, 1.165) is 3.57 Å². The van der Waals surface area contributed by atoms with Crippen molar-refractivity contribution in [3.05, 3.63) is 63.6 Å². The highest BCUT2D eigenvalue weighted by Crippen LogP contribution is 2.10. The first-order chi connectivity index (χ1) is 9.66. The summed E-state index contributed by atoms with van der Waals surface area (Å²) in [5.41, 5.74) is 5.15.